The molecule has 2 saturated heterocycles. The Hall–Kier alpha value is -2.81. The summed E-state index contributed by atoms with van der Waals surface area (Å²) in [4.78, 5) is 2.85. The SMILES string of the molecule is Cc1ccc(S(=O)(=O)N2CCC3=Cc4c(cnn4-c4ccc(F)cc4)CC3(CN3CCCC3)C2)cc1. The van der Waals surface area contributed by atoms with Crippen LogP contribution in [0.25, 0.3) is 11.8 Å². The van der Waals surface area contributed by atoms with Gasteiger partial charge in [0.25, 0.3) is 0 Å². The summed E-state index contributed by atoms with van der Waals surface area (Å²) in [5, 5.41) is 4.65. The van der Waals surface area contributed by atoms with Crippen LogP contribution in [0.5, 0.6) is 0 Å². The molecule has 6 nitrogen and oxygen atoms in total. The van der Waals surface area contributed by atoms with E-state index >= 15 is 0 Å². The number of halogens is 1. The number of benzene rings is 2. The van der Waals surface area contributed by atoms with Gasteiger partial charge >= 0.3 is 0 Å². The van der Waals surface area contributed by atoms with Crippen molar-refractivity contribution in [2.24, 2.45) is 5.41 Å². The molecule has 8 heteroatoms. The van der Waals surface area contributed by atoms with E-state index in [1.807, 2.05) is 29.9 Å². The summed E-state index contributed by atoms with van der Waals surface area (Å²) in [6.07, 6.45) is 7.92. The first-order valence-corrected chi connectivity index (χ1v) is 14.1. The third-order valence-corrected chi connectivity index (χ3v) is 9.83. The number of likely N-dealkylation sites (tertiary alicyclic amines) is 1. The van der Waals surface area contributed by atoms with Crippen LogP contribution in [0.3, 0.4) is 0 Å². The lowest BCUT2D eigenvalue weighted by Crippen LogP contribution is -2.53. The maximum atomic E-state index is 13.7. The number of rotatable bonds is 5. The minimum atomic E-state index is -3.59. The van der Waals surface area contributed by atoms with E-state index in [-0.39, 0.29) is 11.2 Å². The van der Waals surface area contributed by atoms with E-state index in [0.29, 0.717) is 24.4 Å². The normalized spacial score (nSPS) is 22.8. The number of piperidine rings is 1. The largest absolute Gasteiger partial charge is 0.302 e. The lowest BCUT2D eigenvalue weighted by atomic mass is 9.68. The van der Waals surface area contributed by atoms with E-state index in [9.17, 15) is 12.8 Å². The summed E-state index contributed by atoms with van der Waals surface area (Å²) in [5.74, 6) is -0.273. The highest BCUT2D eigenvalue weighted by atomic mass is 32.2. The van der Waals surface area contributed by atoms with Crippen molar-refractivity contribution in [1.29, 1.82) is 0 Å². The number of aryl methyl sites for hydroxylation is 1. The molecule has 0 spiro atoms. The molecule has 3 aromatic rings. The zero-order chi connectivity index (χ0) is 24.9. The highest BCUT2D eigenvalue weighted by Gasteiger charge is 2.47. The van der Waals surface area contributed by atoms with Gasteiger partial charge in [-0.15, -0.1) is 0 Å². The molecule has 3 aliphatic rings. The predicted octanol–water partition coefficient (Wildman–Crippen LogP) is 4.44. The summed E-state index contributed by atoms with van der Waals surface area (Å²) >= 11 is 0. The molecule has 3 heterocycles. The lowest BCUT2D eigenvalue weighted by Gasteiger charge is -2.47. The second kappa shape index (κ2) is 8.94. The number of fused-ring (bicyclic) bond motifs is 2. The quantitative estimate of drug-likeness (QED) is 0.514. The molecule has 0 N–H and O–H groups in total. The standard InChI is InChI=1S/C28H31FN4O2S/c1-21-4-10-26(11-5-21)36(34,35)32-15-12-23-16-27-22(17-28(23,20-32)19-31-13-2-3-14-31)18-30-33(27)25-8-6-24(29)7-9-25/h4-11,16,18H,2-3,12-15,17,19-20H2,1H3. The second-order valence-corrected chi connectivity index (χ2v) is 12.4. The van der Waals surface area contributed by atoms with Crippen LogP contribution in [0.15, 0.2) is 65.2 Å². The van der Waals surface area contributed by atoms with Gasteiger partial charge in [0, 0.05) is 25.0 Å². The van der Waals surface area contributed by atoms with E-state index in [1.54, 1.807) is 28.6 Å². The Morgan fingerprint density at radius 1 is 1.00 bits per heavy atom. The molecule has 6 rings (SSSR count). The summed E-state index contributed by atoms with van der Waals surface area (Å²) in [6, 6.07) is 13.5. The molecule has 1 aliphatic carbocycles. The van der Waals surface area contributed by atoms with Gasteiger partial charge in [0.2, 0.25) is 10.0 Å². The molecule has 188 valence electrons. The van der Waals surface area contributed by atoms with Gasteiger partial charge in [-0.2, -0.15) is 9.40 Å². The summed E-state index contributed by atoms with van der Waals surface area (Å²) in [6.45, 7) is 5.85. The van der Waals surface area contributed by atoms with Crippen molar-refractivity contribution in [3.05, 3.63) is 82.9 Å². The fraction of sp³-hybridized carbons (Fsp3) is 0.393. The van der Waals surface area contributed by atoms with Gasteiger partial charge in [0.1, 0.15) is 5.82 Å². The van der Waals surface area contributed by atoms with E-state index in [2.05, 4.69) is 16.1 Å². The third-order valence-electron chi connectivity index (χ3n) is 7.97. The van der Waals surface area contributed by atoms with E-state index < -0.39 is 10.0 Å². The van der Waals surface area contributed by atoms with Gasteiger partial charge < -0.3 is 4.90 Å². The average Bonchev–Trinajstić information content (AvgIpc) is 3.52. The number of hydrogen-bond donors (Lipinski definition) is 0. The fourth-order valence-electron chi connectivity index (χ4n) is 6.06. The summed E-state index contributed by atoms with van der Waals surface area (Å²) < 4.78 is 44.4. The van der Waals surface area contributed by atoms with Gasteiger partial charge in [0.15, 0.2) is 0 Å². The first kappa shape index (κ1) is 23.6. The number of aromatic nitrogens is 2. The molecule has 1 unspecified atom stereocenters. The number of hydrogen-bond acceptors (Lipinski definition) is 4. The molecular weight excluding hydrogens is 475 g/mol. The van der Waals surface area contributed by atoms with E-state index in [1.165, 1.54) is 30.5 Å². The predicted molar refractivity (Wildman–Crippen MR) is 138 cm³/mol. The van der Waals surface area contributed by atoms with E-state index in [4.69, 9.17) is 0 Å². The minimum Gasteiger partial charge on any atom is -0.302 e. The van der Waals surface area contributed by atoms with Crippen molar-refractivity contribution in [2.75, 3.05) is 32.7 Å². The van der Waals surface area contributed by atoms with Crippen LogP contribution >= 0.6 is 0 Å². The van der Waals surface area contributed by atoms with Gasteiger partial charge in [-0.1, -0.05) is 23.3 Å². The van der Waals surface area contributed by atoms with Crippen molar-refractivity contribution >= 4 is 16.1 Å². The number of nitrogens with zero attached hydrogens (tertiary/aromatic N) is 4. The monoisotopic (exact) mass is 506 g/mol. The van der Waals surface area contributed by atoms with Crippen molar-refractivity contribution in [2.45, 2.75) is 37.5 Å². The third kappa shape index (κ3) is 4.11. The van der Waals surface area contributed by atoms with Crippen LogP contribution in [0.1, 0.15) is 36.1 Å². The van der Waals surface area contributed by atoms with Crippen molar-refractivity contribution < 1.29 is 12.8 Å². The highest BCUT2D eigenvalue weighted by molar-refractivity contribution is 7.89. The summed E-state index contributed by atoms with van der Waals surface area (Å²) in [5.41, 5.74) is 4.99. The van der Waals surface area contributed by atoms with Crippen LogP contribution in [-0.4, -0.2) is 60.1 Å². The van der Waals surface area contributed by atoms with Gasteiger partial charge in [-0.3, -0.25) is 0 Å². The van der Waals surface area contributed by atoms with Gasteiger partial charge in [-0.05, 0) is 93.7 Å². The van der Waals surface area contributed by atoms with Crippen LogP contribution in [0, 0.1) is 18.2 Å². The molecule has 1 aromatic heterocycles. The zero-order valence-corrected chi connectivity index (χ0v) is 21.3. The van der Waals surface area contributed by atoms with Crippen molar-refractivity contribution in [3.8, 4) is 5.69 Å². The first-order chi connectivity index (χ1) is 17.3. The summed E-state index contributed by atoms with van der Waals surface area (Å²) in [7, 11) is -3.59. The zero-order valence-electron chi connectivity index (χ0n) is 20.5. The van der Waals surface area contributed by atoms with Crippen LogP contribution in [-0.2, 0) is 16.4 Å². The Bertz CT molecular complexity index is 1410. The van der Waals surface area contributed by atoms with Crippen molar-refractivity contribution in [1.82, 2.24) is 19.0 Å². The molecule has 2 aliphatic heterocycles. The molecule has 0 saturated carbocycles. The second-order valence-electron chi connectivity index (χ2n) is 10.5. The molecule has 1 atom stereocenters. The molecule has 0 radical (unpaired) electrons. The maximum absolute atomic E-state index is 13.7. The lowest BCUT2D eigenvalue weighted by molar-refractivity contribution is 0.146. The minimum absolute atomic E-state index is 0.273. The van der Waals surface area contributed by atoms with E-state index in [0.717, 1.165) is 48.6 Å². The average molecular weight is 507 g/mol. The van der Waals surface area contributed by atoms with Crippen LogP contribution in [0.4, 0.5) is 4.39 Å². The Morgan fingerprint density at radius 3 is 2.44 bits per heavy atom. The molecular formula is C28H31FN4O2S. The molecule has 2 fully saturated rings. The number of sulfonamides is 1. The molecule has 2 aromatic carbocycles. The van der Waals surface area contributed by atoms with Gasteiger partial charge in [-0.25, -0.2) is 17.5 Å². The molecule has 0 amide bonds. The topological polar surface area (TPSA) is 58.4 Å². The first-order valence-electron chi connectivity index (χ1n) is 12.7. The molecule has 0 bridgehead atoms. The van der Waals surface area contributed by atoms with Crippen molar-refractivity contribution in [3.63, 3.8) is 0 Å². The highest BCUT2D eigenvalue weighted by Crippen LogP contribution is 2.46. The maximum Gasteiger partial charge on any atom is 0.243 e. The Labute approximate surface area is 212 Å². The smallest absolute Gasteiger partial charge is 0.243 e. The molecule has 36 heavy (non-hydrogen) atoms. The van der Waals surface area contributed by atoms with Gasteiger partial charge in [0.05, 0.1) is 22.5 Å². The Morgan fingerprint density at radius 2 is 1.72 bits per heavy atom. The Balaban J connectivity index is 1.37. The fourth-order valence-corrected chi connectivity index (χ4v) is 7.59. The Kier molecular flexibility index (Phi) is 5.85. The van der Waals surface area contributed by atoms with Crippen LogP contribution < -0.4 is 0 Å². The van der Waals surface area contributed by atoms with Crippen LogP contribution in [0.2, 0.25) is 0 Å².